The van der Waals surface area contributed by atoms with Crippen molar-refractivity contribution in [1.29, 1.82) is 0 Å². The highest BCUT2D eigenvalue weighted by Crippen LogP contribution is 2.25. The third-order valence-electron chi connectivity index (χ3n) is 4.34. The fourth-order valence-electron chi connectivity index (χ4n) is 3.25. The highest BCUT2D eigenvalue weighted by molar-refractivity contribution is 5.92. The minimum atomic E-state index is -0.487. The number of fused-ring (bicyclic) bond motifs is 1. The Bertz CT molecular complexity index is 531. The van der Waals surface area contributed by atoms with Gasteiger partial charge in [0.25, 0.3) is 5.91 Å². The number of hydrogen-bond acceptors (Lipinski definition) is 3. The van der Waals surface area contributed by atoms with Crippen LogP contribution in [-0.2, 0) is 17.8 Å². The number of carbonyl (C=O) groups is 2. The first-order valence-corrected chi connectivity index (χ1v) is 7.29. The summed E-state index contributed by atoms with van der Waals surface area (Å²) >= 11 is 0. The van der Waals surface area contributed by atoms with Crippen molar-refractivity contribution in [1.82, 2.24) is 14.5 Å². The number of nitrogens with zero attached hydrogens (tertiary/aromatic N) is 3. The van der Waals surface area contributed by atoms with Crippen LogP contribution in [0, 0.1) is 5.92 Å². The van der Waals surface area contributed by atoms with Gasteiger partial charge in [0.15, 0.2) is 0 Å². The Morgan fingerprint density at radius 2 is 2.00 bits per heavy atom. The van der Waals surface area contributed by atoms with E-state index in [0.717, 1.165) is 38.0 Å². The van der Waals surface area contributed by atoms with Crippen LogP contribution in [0.25, 0.3) is 0 Å². The van der Waals surface area contributed by atoms with E-state index < -0.39 is 5.91 Å². The molecule has 1 unspecified atom stereocenters. The number of amides is 2. The molecule has 0 spiro atoms. The first-order valence-electron chi connectivity index (χ1n) is 7.29. The van der Waals surface area contributed by atoms with Gasteiger partial charge in [-0.15, -0.1) is 0 Å². The number of nitrogens with two attached hydrogens (primary N) is 1. The highest BCUT2D eigenvalue weighted by atomic mass is 16.2. The maximum atomic E-state index is 12.5. The molecule has 2 amide bonds. The average molecular weight is 276 g/mol. The second kappa shape index (κ2) is 5.26. The molecule has 0 aromatic carbocycles. The molecule has 1 aromatic rings. The SMILES string of the molecule is NC(=O)c1ncn2c1CCC(C(=O)N1CCCCC1)C2. The normalized spacial score (nSPS) is 22.4. The number of rotatable bonds is 2. The molecule has 6 heteroatoms. The lowest BCUT2D eigenvalue weighted by Crippen LogP contribution is -2.42. The molecular weight excluding hydrogens is 256 g/mol. The number of aromatic nitrogens is 2. The average Bonchev–Trinajstić information content (AvgIpc) is 2.90. The predicted molar refractivity (Wildman–Crippen MR) is 73.0 cm³/mol. The molecule has 0 aliphatic carbocycles. The van der Waals surface area contributed by atoms with E-state index in [1.807, 2.05) is 9.47 Å². The highest BCUT2D eigenvalue weighted by Gasteiger charge is 2.31. The van der Waals surface area contributed by atoms with Crippen LogP contribution in [0.3, 0.4) is 0 Å². The lowest BCUT2D eigenvalue weighted by atomic mass is 9.94. The summed E-state index contributed by atoms with van der Waals surface area (Å²) in [5, 5.41) is 0. The Kier molecular flexibility index (Phi) is 3.46. The largest absolute Gasteiger partial charge is 0.364 e. The van der Waals surface area contributed by atoms with Crippen molar-refractivity contribution in [3.8, 4) is 0 Å². The van der Waals surface area contributed by atoms with Crippen molar-refractivity contribution in [2.45, 2.75) is 38.6 Å². The van der Waals surface area contributed by atoms with E-state index in [9.17, 15) is 9.59 Å². The molecule has 1 aromatic heterocycles. The van der Waals surface area contributed by atoms with Gasteiger partial charge in [-0.2, -0.15) is 0 Å². The topological polar surface area (TPSA) is 81.2 Å². The molecule has 1 atom stereocenters. The summed E-state index contributed by atoms with van der Waals surface area (Å²) in [6.07, 6.45) is 6.55. The summed E-state index contributed by atoms with van der Waals surface area (Å²) < 4.78 is 1.91. The second-order valence-corrected chi connectivity index (χ2v) is 5.68. The summed E-state index contributed by atoms with van der Waals surface area (Å²) in [4.78, 5) is 29.8. The van der Waals surface area contributed by atoms with Gasteiger partial charge in [0.05, 0.1) is 17.9 Å². The molecule has 1 saturated heterocycles. The van der Waals surface area contributed by atoms with Crippen molar-refractivity contribution < 1.29 is 9.59 Å². The van der Waals surface area contributed by atoms with Crippen LogP contribution in [0.4, 0.5) is 0 Å². The van der Waals surface area contributed by atoms with Gasteiger partial charge >= 0.3 is 0 Å². The standard InChI is InChI=1S/C14H20N4O2/c15-13(19)12-11-5-4-10(8-18(11)9-16-12)14(20)17-6-2-1-3-7-17/h9-10H,1-8H2,(H2,15,19). The first kappa shape index (κ1) is 13.1. The van der Waals surface area contributed by atoms with Gasteiger partial charge < -0.3 is 15.2 Å². The molecule has 3 heterocycles. The number of hydrogen-bond donors (Lipinski definition) is 1. The quantitative estimate of drug-likeness (QED) is 0.856. The van der Waals surface area contributed by atoms with Gasteiger partial charge in [0.2, 0.25) is 5.91 Å². The van der Waals surface area contributed by atoms with Crippen LogP contribution >= 0.6 is 0 Å². The number of piperidine rings is 1. The Balaban J connectivity index is 1.72. The molecule has 2 aliphatic heterocycles. The maximum Gasteiger partial charge on any atom is 0.269 e. The Hall–Kier alpha value is -1.85. The summed E-state index contributed by atoms with van der Waals surface area (Å²) in [7, 11) is 0. The second-order valence-electron chi connectivity index (χ2n) is 5.68. The van der Waals surface area contributed by atoms with E-state index >= 15 is 0 Å². The lowest BCUT2D eigenvalue weighted by molar-refractivity contribution is -0.137. The van der Waals surface area contributed by atoms with Crippen LogP contribution in [-0.4, -0.2) is 39.4 Å². The molecule has 20 heavy (non-hydrogen) atoms. The molecule has 2 N–H and O–H groups in total. The van der Waals surface area contributed by atoms with Gasteiger partial charge in [-0.05, 0) is 32.1 Å². The molecule has 108 valence electrons. The zero-order valence-corrected chi connectivity index (χ0v) is 11.5. The molecule has 6 nitrogen and oxygen atoms in total. The molecule has 0 saturated carbocycles. The molecule has 3 rings (SSSR count). The summed E-state index contributed by atoms with van der Waals surface area (Å²) in [6.45, 7) is 2.39. The Morgan fingerprint density at radius 1 is 1.25 bits per heavy atom. The third kappa shape index (κ3) is 2.30. The number of imidazole rings is 1. The summed E-state index contributed by atoms with van der Waals surface area (Å²) in [6, 6.07) is 0. The molecular formula is C14H20N4O2. The zero-order valence-electron chi connectivity index (χ0n) is 11.5. The van der Waals surface area contributed by atoms with Crippen LogP contribution in [0.5, 0.6) is 0 Å². The summed E-state index contributed by atoms with van der Waals surface area (Å²) in [5.74, 6) is -0.222. The van der Waals surface area contributed by atoms with Crippen LogP contribution in [0.15, 0.2) is 6.33 Å². The molecule has 0 bridgehead atoms. The summed E-state index contributed by atoms with van der Waals surface area (Å²) in [5.41, 5.74) is 6.53. The van der Waals surface area contributed by atoms with Crippen LogP contribution in [0.1, 0.15) is 41.9 Å². The first-order chi connectivity index (χ1) is 9.66. The fourth-order valence-corrected chi connectivity index (χ4v) is 3.25. The van der Waals surface area contributed by atoms with Crippen molar-refractivity contribution >= 4 is 11.8 Å². The number of primary amides is 1. The van der Waals surface area contributed by atoms with E-state index in [1.165, 1.54) is 6.42 Å². The van der Waals surface area contributed by atoms with Gasteiger partial charge in [-0.3, -0.25) is 9.59 Å². The molecule has 2 aliphatic rings. The Morgan fingerprint density at radius 3 is 2.70 bits per heavy atom. The van der Waals surface area contributed by atoms with Gasteiger partial charge in [0.1, 0.15) is 5.69 Å². The van der Waals surface area contributed by atoms with Gasteiger partial charge in [0, 0.05) is 19.6 Å². The van der Waals surface area contributed by atoms with E-state index in [2.05, 4.69) is 4.98 Å². The van der Waals surface area contributed by atoms with Crippen molar-refractivity contribution in [2.75, 3.05) is 13.1 Å². The van der Waals surface area contributed by atoms with E-state index in [0.29, 0.717) is 18.7 Å². The lowest BCUT2D eigenvalue weighted by Gasteiger charge is -2.32. The third-order valence-corrected chi connectivity index (χ3v) is 4.34. The molecule has 1 fully saturated rings. The fraction of sp³-hybridized carbons (Fsp3) is 0.643. The van der Waals surface area contributed by atoms with Crippen molar-refractivity contribution in [2.24, 2.45) is 11.7 Å². The van der Waals surface area contributed by atoms with E-state index in [4.69, 9.17) is 5.73 Å². The zero-order chi connectivity index (χ0) is 14.1. The van der Waals surface area contributed by atoms with E-state index in [1.54, 1.807) is 6.33 Å². The van der Waals surface area contributed by atoms with E-state index in [-0.39, 0.29) is 11.8 Å². The van der Waals surface area contributed by atoms with Gasteiger partial charge in [-0.25, -0.2) is 4.98 Å². The number of carbonyl (C=O) groups excluding carboxylic acids is 2. The monoisotopic (exact) mass is 276 g/mol. The molecule has 0 radical (unpaired) electrons. The number of likely N-dealkylation sites (tertiary alicyclic amines) is 1. The minimum absolute atomic E-state index is 0.00975. The maximum absolute atomic E-state index is 12.5. The van der Waals surface area contributed by atoms with Gasteiger partial charge in [-0.1, -0.05) is 0 Å². The predicted octanol–water partition coefficient (Wildman–Crippen LogP) is 0.557. The van der Waals surface area contributed by atoms with Crippen LogP contribution < -0.4 is 5.73 Å². The smallest absolute Gasteiger partial charge is 0.269 e. The van der Waals surface area contributed by atoms with Crippen LogP contribution in [0.2, 0.25) is 0 Å². The Labute approximate surface area is 117 Å². The van der Waals surface area contributed by atoms with Crippen molar-refractivity contribution in [3.05, 3.63) is 17.7 Å². The van der Waals surface area contributed by atoms with Crippen molar-refractivity contribution in [3.63, 3.8) is 0 Å². The minimum Gasteiger partial charge on any atom is -0.364 e.